The molecule has 1 rings (SSSR count). The van der Waals surface area contributed by atoms with Crippen molar-refractivity contribution in [2.75, 3.05) is 13.2 Å². The Morgan fingerprint density at radius 3 is 2.53 bits per heavy atom. The maximum atomic E-state index is 11.4. The summed E-state index contributed by atoms with van der Waals surface area (Å²) in [5.74, 6) is -1.46. The van der Waals surface area contributed by atoms with E-state index < -0.39 is 17.7 Å². The Balaban J connectivity index is 2.55. The van der Waals surface area contributed by atoms with Crippen LogP contribution in [0.5, 0.6) is 5.75 Å². The third kappa shape index (κ3) is 4.79. The molecule has 0 saturated heterocycles. The van der Waals surface area contributed by atoms with Crippen molar-refractivity contribution in [3.63, 3.8) is 0 Å². The number of hydrogen-bond acceptors (Lipinski definition) is 5. The number of Topliss-reactive ketones (excluding diaryl/α,β-unsaturated/α-hetero) is 1. The molecule has 0 aliphatic carbocycles. The number of nitrogens with two attached hydrogens (primary N) is 1. The topological polar surface area (TPSA) is 95.7 Å². The molecule has 0 bridgehead atoms. The standard InChI is InChI=1S/C13H15NO5/c1-2-18-12(16)7-9(15)8-19-11-6-4-3-5-10(11)13(14)17/h3-6H,2,7-8H2,1H3,(H2,14,17). The molecule has 2 N–H and O–H groups in total. The maximum absolute atomic E-state index is 11.4. The lowest BCUT2D eigenvalue weighted by Crippen LogP contribution is -2.19. The van der Waals surface area contributed by atoms with E-state index in [2.05, 4.69) is 4.74 Å². The third-order valence-corrected chi connectivity index (χ3v) is 2.19. The van der Waals surface area contributed by atoms with Crippen molar-refractivity contribution < 1.29 is 23.9 Å². The van der Waals surface area contributed by atoms with E-state index in [1.54, 1.807) is 19.1 Å². The van der Waals surface area contributed by atoms with Crippen molar-refractivity contribution >= 4 is 17.7 Å². The van der Waals surface area contributed by atoms with Crippen molar-refractivity contribution in [3.8, 4) is 5.75 Å². The fourth-order valence-corrected chi connectivity index (χ4v) is 1.38. The number of carbonyl (C=O) groups is 3. The molecular formula is C13H15NO5. The summed E-state index contributed by atoms with van der Waals surface area (Å²) >= 11 is 0. The predicted molar refractivity (Wildman–Crippen MR) is 66.7 cm³/mol. The molecule has 1 aromatic carbocycles. The summed E-state index contributed by atoms with van der Waals surface area (Å²) in [5, 5.41) is 0. The number of esters is 1. The van der Waals surface area contributed by atoms with Crippen LogP contribution in [0.3, 0.4) is 0 Å². The average Bonchev–Trinajstić information content (AvgIpc) is 2.36. The van der Waals surface area contributed by atoms with Gasteiger partial charge in [-0.2, -0.15) is 0 Å². The molecule has 0 fully saturated rings. The van der Waals surface area contributed by atoms with Crippen LogP contribution >= 0.6 is 0 Å². The normalized spacial score (nSPS) is 9.74. The van der Waals surface area contributed by atoms with Gasteiger partial charge in [-0.3, -0.25) is 14.4 Å². The maximum Gasteiger partial charge on any atom is 0.313 e. The first-order valence-corrected chi connectivity index (χ1v) is 5.73. The van der Waals surface area contributed by atoms with Crippen LogP contribution in [0.4, 0.5) is 0 Å². The van der Waals surface area contributed by atoms with Crippen molar-refractivity contribution in [2.24, 2.45) is 5.73 Å². The van der Waals surface area contributed by atoms with E-state index in [0.717, 1.165) is 0 Å². The van der Waals surface area contributed by atoms with Gasteiger partial charge in [-0.1, -0.05) is 12.1 Å². The SMILES string of the molecule is CCOC(=O)CC(=O)COc1ccccc1C(N)=O. The highest BCUT2D eigenvalue weighted by Gasteiger charge is 2.13. The lowest BCUT2D eigenvalue weighted by atomic mass is 10.2. The molecule has 102 valence electrons. The Morgan fingerprint density at radius 1 is 1.21 bits per heavy atom. The molecule has 0 aromatic heterocycles. The fourth-order valence-electron chi connectivity index (χ4n) is 1.38. The number of rotatable bonds is 7. The van der Waals surface area contributed by atoms with Crippen LogP contribution in [0.2, 0.25) is 0 Å². The Bertz CT molecular complexity index is 484. The zero-order valence-electron chi connectivity index (χ0n) is 10.5. The van der Waals surface area contributed by atoms with E-state index in [-0.39, 0.29) is 30.9 Å². The molecule has 0 aliphatic rings. The van der Waals surface area contributed by atoms with Crippen LogP contribution in [0, 0.1) is 0 Å². The molecule has 0 unspecified atom stereocenters. The van der Waals surface area contributed by atoms with Gasteiger partial charge in [0.1, 0.15) is 18.8 Å². The van der Waals surface area contributed by atoms with Gasteiger partial charge in [-0.15, -0.1) is 0 Å². The van der Waals surface area contributed by atoms with E-state index in [4.69, 9.17) is 10.5 Å². The quantitative estimate of drug-likeness (QED) is 0.578. The second kappa shape index (κ2) is 7.15. The predicted octanol–water partition coefficient (Wildman–Crippen LogP) is 0.687. The summed E-state index contributed by atoms with van der Waals surface area (Å²) in [5.41, 5.74) is 5.35. The first-order chi connectivity index (χ1) is 9.04. The monoisotopic (exact) mass is 265 g/mol. The van der Waals surface area contributed by atoms with E-state index in [1.807, 2.05) is 0 Å². The summed E-state index contributed by atoms with van der Waals surface area (Å²) in [7, 11) is 0. The van der Waals surface area contributed by atoms with Crippen molar-refractivity contribution in [1.29, 1.82) is 0 Å². The highest BCUT2D eigenvalue weighted by atomic mass is 16.5. The van der Waals surface area contributed by atoms with Gasteiger partial charge in [-0.05, 0) is 19.1 Å². The average molecular weight is 265 g/mol. The van der Waals surface area contributed by atoms with Gasteiger partial charge < -0.3 is 15.2 Å². The summed E-state index contributed by atoms with van der Waals surface area (Å²) in [6.07, 6.45) is -0.355. The van der Waals surface area contributed by atoms with Gasteiger partial charge in [0.2, 0.25) is 0 Å². The van der Waals surface area contributed by atoms with Gasteiger partial charge in [0.25, 0.3) is 5.91 Å². The van der Waals surface area contributed by atoms with E-state index in [0.29, 0.717) is 0 Å². The van der Waals surface area contributed by atoms with Gasteiger partial charge in [0, 0.05) is 0 Å². The highest BCUT2D eigenvalue weighted by Crippen LogP contribution is 2.17. The van der Waals surface area contributed by atoms with Crippen molar-refractivity contribution in [2.45, 2.75) is 13.3 Å². The van der Waals surface area contributed by atoms with Crippen LogP contribution in [-0.4, -0.2) is 30.9 Å². The van der Waals surface area contributed by atoms with Crippen molar-refractivity contribution in [1.82, 2.24) is 0 Å². The minimum atomic E-state index is -0.645. The Labute approximate surface area is 110 Å². The van der Waals surface area contributed by atoms with Gasteiger partial charge in [0.15, 0.2) is 5.78 Å². The molecule has 0 saturated carbocycles. The van der Waals surface area contributed by atoms with E-state index in [9.17, 15) is 14.4 Å². The summed E-state index contributed by atoms with van der Waals surface area (Å²) in [6.45, 7) is 1.56. The molecule has 1 amide bonds. The lowest BCUT2D eigenvalue weighted by Gasteiger charge is -2.08. The number of para-hydroxylation sites is 1. The molecule has 0 spiro atoms. The number of amides is 1. The van der Waals surface area contributed by atoms with Gasteiger partial charge in [-0.25, -0.2) is 0 Å². The molecular weight excluding hydrogens is 250 g/mol. The highest BCUT2D eigenvalue weighted by molar-refractivity contribution is 5.97. The molecule has 19 heavy (non-hydrogen) atoms. The molecule has 0 aliphatic heterocycles. The van der Waals surface area contributed by atoms with E-state index >= 15 is 0 Å². The Hall–Kier alpha value is -2.37. The van der Waals surface area contributed by atoms with Crippen LogP contribution in [0.25, 0.3) is 0 Å². The smallest absolute Gasteiger partial charge is 0.313 e. The lowest BCUT2D eigenvalue weighted by molar-refractivity contribution is -0.145. The number of benzene rings is 1. The Kier molecular flexibility index (Phi) is 5.53. The molecule has 0 radical (unpaired) electrons. The molecule has 1 aromatic rings. The zero-order valence-corrected chi connectivity index (χ0v) is 10.5. The number of ether oxygens (including phenoxy) is 2. The zero-order chi connectivity index (χ0) is 14.3. The van der Waals surface area contributed by atoms with Crippen LogP contribution in [0.1, 0.15) is 23.7 Å². The molecule has 0 atom stereocenters. The van der Waals surface area contributed by atoms with Crippen LogP contribution in [0.15, 0.2) is 24.3 Å². The number of ketones is 1. The largest absolute Gasteiger partial charge is 0.485 e. The van der Waals surface area contributed by atoms with Gasteiger partial charge >= 0.3 is 5.97 Å². The molecule has 0 heterocycles. The first-order valence-electron chi connectivity index (χ1n) is 5.73. The summed E-state index contributed by atoms with van der Waals surface area (Å²) in [4.78, 5) is 33.6. The fraction of sp³-hybridized carbons (Fsp3) is 0.308. The second-order valence-corrected chi connectivity index (χ2v) is 3.67. The summed E-state index contributed by atoms with van der Waals surface area (Å²) in [6, 6.07) is 6.30. The molecule has 6 heteroatoms. The number of carbonyl (C=O) groups excluding carboxylic acids is 3. The minimum Gasteiger partial charge on any atom is -0.485 e. The number of primary amides is 1. The molecule has 6 nitrogen and oxygen atoms in total. The second-order valence-electron chi connectivity index (χ2n) is 3.67. The summed E-state index contributed by atoms with van der Waals surface area (Å²) < 4.78 is 9.82. The number of hydrogen-bond donors (Lipinski definition) is 1. The van der Waals surface area contributed by atoms with Crippen LogP contribution < -0.4 is 10.5 Å². The third-order valence-electron chi connectivity index (χ3n) is 2.19. The Morgan fingerprint density at radius 2 is 1.89 bits per heavy atom. The van der Waals surface area contributed by atoms with E-state index in [1.165, 1.54) is 12.1 Å². The van der Waals surface area contributed by atoms with Crippen LogP contribution in [-0.2, 0) is 14.3 Å². The minimum absolute atomic E-state index is 0.187. The van der Waals surface area contributed by atoms with Crippen molar-refractivity contribution in [3.05, 3.63) is 29.8 Å². The van der Waals surface area contributed by atoms with Gasteiger partial charge in [0.05, 0.1) is 12.2 Å². The first kappa shape index (κ1) is 14.7.